The molecule has 0 amide bonds. The van der Waals surface area contributed by atoms with Crippen molar-refractivity contribution in [3.63, 3.8) is 0 Å². The molecule has 0 saturated heterocycles. The Morgan fingerprint density at radius 1 is 1.10 bits per heavy atom. The monoisotopic (exact) mass is 333 g/mol. The molecule has 21 heavy (non-hydrogen) atoms. The summed E-state index contributed by atoms with van der Waals surface area (Å²) in [6.07, 6.45) is -0.640. The van der Waals surface area contributed by atoms with Crippen molar-refractivity contribution in [2.75, 3.05) is 12.5 Å². The number of rotatable bonds is 2. The molecule has 2 aromatic rings. The van der Waals surface area contributed by atoms with Gasteiger partial charge in [0, 0.05) is 5.56 Å². The molecule has 0 unspecified atom stereocenters. The van der Waals surface area contributed by atoms with Crippen molar-refractivity contribution >= 4 is 33.9 Å². The van der Waals surface area contributed by atoms with E-state index in [0.29, 0.717) is 5.56 Å². The Balaban J connectivity index is 2.24. The normalized spacial score (nSPS) is 11.5. The van der Waals surface area contributed by atoms with Gasteiger partial charge in [-0.05, 0) is 36.8 Å². The van der Waals surface area contributed by atoms with Crippen LogP contribution in [0.25, 0.3) is 11.5 Å². The maximum atomic E-state index is 12.5. The van der Waals surface area contributed by atoms with Gasteiger partial charge < -0.3 is 4.42 Å². The molecule has 4 nitrogen and oxygen atoms in total. The van der Waals surface area contributed by atoms with Crippen LogP contribution in [0.15, 0.2) is 33.7 Å². The van der Waals surface area contributed by atoms with Gasteiger partial charge in [-0.1, -0.05) is 5.10 Å². The summed E-state index contributed by atoms with van der Waals surface area (Å²) in [6, 6.07) is 4.58. The van der Waals surface area contributed by atoms with E-state index in [0.717, 1.165) is 16.5 Å². The van der Waals surface area contributed by atoms with Gasteiger partial charge >= 0.3 is 12.2 Å². The van der Waals surface area contributed by atoms with Crippen LogP contribution in [0.4, 0.5) is 19.2 Å². The number of benzene rings is 1. The van der Waals surface area contributed by atoms with Crippen molar-refractivity contribution in [3.8, 4) is 11.5 Å². The summed E-state index contributed by atoms with van der Waals surface area (Å²) >= 11 is 2.87. The second-order valence-corrected chi connectivity index (χ2v) is 5.60. The highest BCUT2D eigenvalue weighted by Gasteiger charge is 2.30. The van der Waals surface area contributed by atoms with E-state index in [1.165, 1.54) is 35.7 Å². The van der Waals surface area contributed by atoms with Crippen LogP contribution >= 0.6 is 23.5 Å². The maximum absolute atomic E-state index is 12.5. The molecule has 2 rings (SSSR count). The van der Waals surface area contributed by atoms with Crippen LogP contribution in [0, 0.1) is 0 Å². The molecule has 0 fully saturated rings. The van der Waals surface area contributed by atoms with E-state index in [9.17, 15) is 13.2 Å². The molecular formula is C12H10F3N3OS2. The summed E-state index contributed by atoms with van der Waals surface area (Å²) in [5, 5.41) is 7.52. The Bertz CT molecular complexity index is 632. The predicted octanol–water partition coefficient (Wildman–Crippen LogP) is 4.47. The first-order valence-electron chi connectivity index (χ1n) is 5.62. The molecule has 0 N–H and O–H groups in total. The molecule has 1 aromatic carbocycles. The van der Waals surface area contributed by atoms with E-state index in [4.69, 9.17) is 4.42 Å². The molecule has 1 heterocycles. The minimum atomic E-state index is -4.37. The number of aliphatic imine (C=N–C) groups is 1. The Labute approximate surface area is 127 Å². The quantitative estimate of drug-likeness (QED) is 0.599. The molecule has 1 aromatic heterocycles. The molecule has 0 spiro atoms. The van der Waals surface area contributed by atoms with Gasteiger partial charge in [0.15, 0.2) is 0 Å². The van der Waals surface area contributed by atoms with Crippen LogP contribution < -0.4 is 0 Å². The highest BCUT2D eigenvalue weighted by molar-refractivity contribution is 8.38. The van der Waals surface area contributed by atoms with E-state index in [2.05, 4.69) is 15.2 Å². The van der Waals surface area contributed by atoms with E-state index in [1.54, 1.807) is 0 Å². The third kappa shape index (κ3) is 4.01. The van der Waals surface area contributed by atoms with Crippen molar-refractivity contribution < 1.29 is 17.6 Å². The third-order valence-electron chi connectivity index (χ3n) is 2.41. The highest BCUT2D eigenvalue weighted by atomic mass is 32.2. The summed E-state index contributed by atoms with van der Waals surface area (Å²) in [5.74, 6) is 0.129. The SMILES string of the molecule is CSC(=Nc1nnc(-c2ccc(C(F)(F)F)cc2)o1)SC. The lowest BCUT2D eigenvalue weighted by Gasteiger charge is -2.05. The minimum Gasteiger partial charge on any atom is -0.402 e. The van der Waals surface area contributed by atoms with Crippen LogP contribution in [0.2, 0.25) is 0 Å². The van der Waals surface area contributed by atoms with Crippen LogP contribution in [0.1, 0.15) is 5.56 Å². The average Bonchev–Trinajstić information content (AvgIpc) is 2.92. The van der Waals surface area contributed by atoms with E-state index < -0.39 is 11.7 Å². The Kier molecular flexibility index (Phi) is 4.94. The topological polar surface area (TPSA) is 51.3 Å². The average molecular weight is 333 g/mol. The first-order valence-corrected chi connectivity index (χ1v) is 8.07. The lowest BCUT2D eigenvalue weighted by molar-refractivity contribution is -0.137. The molecule has 112 valence electrons. The maximum Gasteiger partial charge on any atom is 0.416 e. The van der Waals surface area contributed by atoms with Gasteiger partial charge in [-0.25, -0.2) is 0 Å². The van der Waals surface area contributed by atoms with Crippen molar-refractivity contribution in [2.24, 2.45) is 4.99 Å². The Morgan fingerprint density at radius 3 is 2.24 bits per heavy atom. The van der Waals surface area contributed by atoms with Gasteiger partial charge in [-0.3, -0.25) is 0 Å². The molecule has 0 atom stereocenters. The first kappa shape index (κ1) is 15.9. The minimum absolute atomic E-state index is 0.0728. The smallest absolute Gasteiger partial charge is 0.402 e. The second kappa shape index (κ2) is 6.52. The van der Waals surface area contributed by atoms with Crippen LogP contribution in [0.3, 0.4) is 0 Å². The van der Waals surface area contributed by atoms with Crippen molar-refractivity contribution in [1.29, 1.82) is 0 Å². The fourth-order valence-electron chi connectivity index (χ4n) is 1.43. The molecule has 0 aliphatic heterocycles. The number of aromatic nitrogens is 2. The zero-order chi connectivity index (χ0) is 15.5. The fraction of sp³-hybridized carbons (Fsp3) is 0.250. The first-order chi connectivity index (χ1) is 9.94. The van der Waals surface area contributed by atoms with Crippen molar-refractivity contribution in [2.45, 2.75) is 6.18 Å². The van der Waals surface area contributed by atoms with Gasteiger partial charge in [0.25, 0.3) is 0 Å². The second-order valence-electron chi connectivity index (χ2n) is 3.75. The zero-order valence-corrected chi connectivity index (χ0v) is 12.6. The summed E-state index contributed by atoms with van der Waals surface area (Å²) in [4.78, 5) is 4.12. The number of hydrogen-bond acceptors (Lipinski definition) is 6. The van der Waals surface area contributed by atoms with Gasteiger partial charge in [0.1, 0.15) is 4.38 Å². The molecule has 9 heteroatoms. The van der Waals surface area contributed by atoms with Gasteiger partial charge in [-0.2, -0.15) is 18.2 Å². The number of alkyl halides is 3. The Morgan fingerprint density at radius 2 is 1.71 bits per heavy atom. The molecular weight excluding hydrogens is 323 g/mol. The largest absolute Gasteiger partial charge is 0.416 e. The summed E-state index contributed by atoms with van der Waals surface area (Å²) in [5.41, 5.74) is -0.317. The third-order valence-corrected chi connectivity index (χ3v) is 4.29. The van der Waals surface area contributed by atoms with Crippen molar-refractivity contribution in [1.82, 2.24) is 10.2 Å². The van der Waals surface area contributed by atoms with E-state index in [-0.39, 0.29) is 11.9 Å². The number of thioether (sulfide) groups is 2. The molecule has 0 aliphatic carbocycles. The van der Waals surface area contributed by atoms with Gasteiger partial charge in [0.05, 0.1) is 5.56 Å². The highest BCUT2D eigenvalue weighted by Crippen LogP contribution is 2.31. The molecule has 0 saturated carbocycles. The van der Waals surface area contributed by atoms with E-state index in [1.807, 2.05) is 12.5 Å². The lowest BCUT2D eigenvalue weighted by Crippen LogP contribution is -2.03. The van der Waals surface area contributed by atoms with Crippen LogP contribution in [-0.4, -0.2) is 27.1 Å². The zero-order valence-electron chi connectivity index (χ0n) is 11.0. The fourth-order valence-corrected chi connectivity index (χ4v) is 2.44. The van der Waals surface area contributed by atoms with Crippen molar-refractivity contribution in [3.05, 3.63) is 29.8 Å². The van der Waals surface area contributed by atoms with Crippen LogP contribution in [-0.2, 0) is 6.18 Å². The van der Waals surface area contributed by atoms with Crippen LogP contribution in [0.5, 0.6) is 0 Å². The number of hydrogen-bond donors (Lipinski definition) is 0. The van der Waals surface area contributed by atoms with Gasteiger partial charge in [-0.15, -0.1) is 28.6 Å². The predicted molar refractivity (Wildman–Crippen MR) is 78.9 cm³/mol. The summed E-state index contributed by atoms with van der Waals surface area (Å²) in [6.45, 7) is 0. The molecule has 0 aliphatic rings. The number of nitrogens with zero attached hydrogens (tertiary/aromatic N) is 3. The van der Waals surface area contributed by atoms with Gasteiger partial charge in [0.2, 0.25) is 5.89 Å². The Hall–Kier alpha value is -1.48. The number of halogens is 3. The molecule has 0 radical (unpaired) electrons. The summed E-state index contributed by atoms with van der Waals surface area (Å²) in [7, 11) is 0. The molecule has 0 bridgehead atoms. The summed E-state index contributed by atoms with van der Waals surface area (Å²) < 4.78 is 43.5. The van der Waals surface area contributed by atoms with E-state index >= 15 is 0 Å². The lowest BCUT2D eigenvalue weighted by atomic mass is 10.1. The standard InChI is InChI=1S/C12H10F3N3OS2/c1-20-11(21-2)16-10-18-17-9(19-10)7-3-5-8(6-4-7)12(13,14)15/h3-6H,1-2H3.